The average Bonchev–Trinajstić information content (AvgIpc) is 2.69. The van der Waals surface area contributed by atoms with Gasteiger partial charge in [0.1, 0.15) is 0 Å². The normalized spacial score (nSPS) is 10.3. The summed E-state index contributed by atoms with van der Waals surface area (Å²) >= 11 is 4.66. The Balaban J connectivity index is 0.00000123. The monoisotopic (exact) mass is 344 g/mol. The van der Waals surface area contributed by atoms with E-state index in [1.165, 1.54) is 5.49 Å². The number of pyridine rings is 1. The maximum Gasteiger partial charge on any atom is 0.205 e. The van der Waals surface area contributed by atoms with Crippen LogP contribution in [0.15, 0.2) is 35.6 Å². The molecule has 0 aliphatic rings. The van der Waals surface area contributed by atoms with Crippen molar-refractivity contribution >= 4 is 29.5 Å². The Morgan fingerprint density at radius 1 is 1.12 bits per heavy atom. The topological polar surface area (TPSA) is 76.8 Å². The van der Waals surface area contributed by atoms with Crippen LogP contribution >= 0.6 is 12.2 Å². The van der Waals surface area contributed by atoms with Crippen molar-refractivity contribution in [2.75, 3.05) is 0 Å². The summed E-state index contributed by atoms with van der Waals surface area (Å²) < 4.78 is 0. The molecule has 0 unspecified atom stereocenters. The van der Waals surface area contributed by atoms with Gasteiger partial charge in [0.2, 0.25) is 11.6 Å². The maximum atomic E-state index is 4.66. The van der Waals surface area contributed by atoms with Crippen molar-refractivity contribution in [3.8, 4) is 11.4 Å². The molecule has 2 aromatic heterocycles. The van der Waals surface area contributed by atoms with E-state index in [-0.39, 0.29) is 0 Å². The second-order valence-electron chi connectivity index (χ2n) is 3.74. The van der Waals surface area contributed by atoms with E-state index < -0.39 is 0 Å². The number of nitrogens with zero attached hydrogens (tertiary/aromatic N) is 6. The van der Waals surface area contributed by atoms with Crippen LogP contribution in [-0.4, -0.2) is 37.1 Å². The van der Waals surface area contributed by atoms with Crippen LogP contribution in [0.5, 0.6) is 0 Å². The fourth-order valence-corrected chi connectivity index (χ4v) is 1.55. The minimum Gasteiger partial charge on any atom is -0.264 e. The summed E-state index contributed by atoms with van der Waals surface area (Å²) in [5, 5.41) is 16.3. The zero-order valence-electron chi connectivity index (χ0n) is 14.8. The lowest BCUT2D eigenvalue weighted by Crippen LogP contribution is -2.03. The lowest BCUT2D eigenvalue weighted by atomic mass is 10.2. The molecule has 2 aromatic rings. The van der Waals surface area contributed by atoms with Crippen molar-refractivity contribution in [2.45, 2.75) is 41.0 Å². The largest absolute Gasteiger partial charge is 0.264 e. The second kappa shape index (κ2) is 14.2. The quantitative estimate of drug-likeness (QED) is 0.597. The summed E-state index contributed by atoms with van der Waals surface area (Å²) in [6, 6.07) is 3.66. The van der Waals surface area contributed by atoms with Gasteiger partial charge in [0, 0.05) is 29.7 Å². The van der Waals surface area contributed by atoms with Gasteiger partial charge in [-0.15, -0.1) is 20.4 Å². The molecule has 0 bridgehead atoms. The third-order valence-electron chi connectivity index (χ3n) is 2.36. The van der Waals surface area contributed by atoms with Crippen LogP contribution in [-0.2, 0) is 0 Å². The van der Waals surface area contributed by atoms with Crippen molar-refractivity contribution in [1.29, 1.82) is 0 Å². The van der Waals surface area contributed by atoms with E-state index in [1.807, 2.05) is 46.8 Å². The van der Waals surface area contributed by atoms with Gasteiger partial charge < -0.3 is 0 Å². The molecule has 0 saturated heterocycles. The Hall–Kier alpha value is -2.41. The van der Waals surface area contributed by atoms with E-state index in [0.29, 0.717) is 11.6 Å². The van der Waals surface area contributed by atoms with Crippen LogP contribution in [0.2, 0.25) is 0 Å². The molecule has 2 heterocycles. The zero-order valence-corrected chi connectivity index (χ0v) is 15.7. The number of hydrogen-bond acceptors (Lipinski definition) is 6. The molecule has 0 radical (unpaired) electrons. The molecule has 0 aromatic carbocycles. The minimum atomic E-state index is 0.417. The molecule has 0 fully saturated rings. The van der Waals surface area contributed by atoms with Gasteiger partial charge in [0.05, 0.1) is 5.49 Å². The van der Waals surface area contributed by atoms with Crippen LogP contribution in [0.4, 0.5) is 0 Å². The Kier molecular flexibility index (Phi) is 12.8. The highest BCUT2D eigenvalue weighted by molar-refractivity contribution is 7.78. The van der Waals surface area contributed by atoms with Crippen molar-refractivity contribution in [2.24, 2.45) is 4.99 Å². The molecule has 0 amide bonds. The van der Waals surface area contributed by atoms with E-state index in [1.54, 1.807) is 24.7 Å². The van der Waals surface area contributed by atoms with E-state index in [9.17, 15) is 0 Å². The number of allylic oxidation sites excluding steroid dienone is 2. The molecule has 6 nitrogen and oxygen atoms in total. The Labute approximate surface area is 149 Å². The first-order chi connectivity index (χ1) is 11.8. The molecule has 0 spiro atoms. The molecular formula is C17H24N6S. The molecule has 24 heavy (non-hydrogen) atoms. The summed E-state index contributed by atoms with van der Waals surface area (Å²) in [5.41, 5.74) is 2.80. The fraction of sp³-hybridized carbons (Fsp3) is 0.353. The predicted molar refractivity (Wildman–Crippen MR) is 104 cm³/mol. The van der Waals surface area contributed by atoms with Gasteiger partial charge >= 0.3 is 0 Å². The molecule has 7 heteroatoms. The summed E-state index contributed by atoms with van der Waals surface area (Å²) in [4.78, 5) is 7.90. The van der Waals surface area contributed by atoms with Gasteiger partial charge in [-0.05, 0) is 18.6 Å². The molecule has 0 saturated carbocycles. The van der Waals surface area contributed by atoms with Crippen LogP contribution in [0.3, 0.4) is 0 Å². The lowest BCUT2D eigenvalue weighted by Gasteiger charge is -2.00. The van der Waals surface area contributed by atoms with Gasteiger partial charge in [-0.3, -0.25) is 9.98 Å². The first kappa shape index (κ1) is 21.6. The summed E-state index contributed by atoms with van der Waals surface area (Å²) in [6.07, 6.45) is 7.70. The SMILES string of the molecule is CC.CC.CC/C=C(\C=NC=S)c1nnc(-c2cccnc2)nn1. The molecule has 0 aliphatic carbocycles. The zero-order chi connectivity index (χ0) is 18.2. The lowest BCUT2D eigenvalue weighted by molar-refractivity contribution is 0.846. The van der Waals surface area contributed by atoms with Gasteiger partial charge in [-0.25, -0.2) is 0 Å². The molecular weight excluding hydrogens is 320 g/mol. The average molecular weight is 344 g/mol. The molecule has 0 aliphatic heterocycles. The van der Waals surface area contributed by atoms with Gasteiger partial charge in [-0.2, -0.15) is 0 Å². The molecule has 2 rings (SSSR count). The third-order valence-corrected chi connectivity index (χ3v) is 2.48. The first-order valence-corrected chi connectivity index (χ1v) is 8.47. The highest BCUT2D eigenvalue weighted by Crippen LogP contribution is 2.12. The predicted octanol–water partition coefficient (Wildman–Crippen LogP) is 4.20. The highest BCUT2D eigenvalue weighted by atomic mass is 32.1. The number of aromatic nitrogens is 5. The molecule has 128 valence electrons. The van der Waals surface area contributed by atoms with Crippen LogP contribution in [0.25, 0.3) is 17.0 Å². The van der Waals surface area contributed by atoms with Crippen molar-refractivity contribution < 1.29 is 0 Å². The first-order valence-electron chi connectivity index (χ1n) is 8.00. The number of aliphatic imine (C=N–C) groups is 1. The summed E-state index contributed by atoms with van der Waals surface area (Å²) in [5.74, 6) is 0.851. The van der Waals surface area contributed by atoms with Gasteiger partial charge in [0.15, 0.2) is 0 Å². The number of rotatable bonds is 5. The number of hydrogen-bond donors (Lipinski definition) is 0. The van der Waals surface area contributed by atoms with E-state index in [0.717, 1.165) is 17.6 Å². The van der Waals surface area contributed by atoms with Crippen LogP contribution in [0.1, 0.15) is 46.9 Å². The Bertz CT molecular complexity index is 623. The summed E-state index contributed by atoms with van der Waals surface area (Å²) in [6.45, 7) is 10.0. The Morgan fingerprint density at radius 2 is 1.79 bits per heavy atom. The fourth-order valence-electron chi connectivity index (χ4n) is 1.49. The van der Waals surface area contributed by atoms with Crippen LogP contribution < -0.4 is 0 Å². The highest BCUT2D eigenvalue weighted by Gasteiger charge is 2.07. The number of thiocarbonyl (C=S) groups is 1. The second-order valence-corrected chi connectivity index (χ2v) is 3.95. The van der Waals surface area contributed by atoms with E-state index >= 15 is 0 Å². The van der Waals surface area contributed by atoms with Crippen molar-refractivity contribution in [3.05, 3.63) is 36.4 Å². The minimum absolute atomic E-state index is 0.417. The Morgan fingerprint density at radius 3 is 2.29 bits per heavy atom. The smallest absolute Gasteiger partial charge is 0.205 e. The van der Waals surface area contributed by atoms with E-state index in [4.69, 9.17) is 0 Å². The van der Waals surface area contributed by atoms with Crippen molar-refractivity contribution in [1.82, 2.24) is 25.4 Å². The van der Waals surface area contributed by atoms with E-state index in [2.05, 4.69) is 42.6 Å². The van der Waals surface area contributed by atoms with Crippen molar-refractivity contribution in [3.63, 3.8) is 0 Å². The summed E-state index contributed by atoms with van der Waals surface area (Å²) in [7, 11) is 0. The maximum absolute atomic E-state index is 4.66. The van der Waals surface area contributed by atoms with Crippen LogP contribution in [0, 0.1) is 0 Å². The standard InChI is InChI=1S/C13H12N6S.2C2H6/c1-2-4-10(8-15-9-20)12-16-18-13(19-17-12)11-5-3-6-14-7-11;2*1-2/h3-9H,2H2,1H3;2*1-2H3/b10-4+,15-8?;;. The van der Waals surface area contributed by atoms with Gasteiger partial charge in [0.25, 0.3) is 0 Å². The third kappa shape index (κ3) is 7.23. The van der Waals surface area contributed by atoms with Gasteiger partial charge in [-0.1, -0.05) is 52.9 Å². The molecule has 0 N–H and O–H groups in total. The molecule has 0 atom stereocenters.